The predicted octanol–water partition coefficient (Wildman–Crippen LogP) is 6.90. The molecule has 0 heterocycles. The molecule has 0 aliphatic carbocycles. The molecule has 0 atom stereocenters. The van der Waals surface area contributed by atoms with Gasteiger partial charge in [0, 0.05) is 22.3 Å². The van der Waals surface area contributed by atoms with Crippen molar-refractivity contribution in [2.24, 2.45) is 0 Å². The van der Waals surface area contributed by atoms with Crippen LogP contribution in [0.5, 0.6) is 5.75 Å². The molecule has 0 aromatic heterocycles. The Balaban J connectivity index is 1.74. The van der Waals surface area contributed by atoms with Gasteiger partial charge in [-0.2, -0.15) is 5.26 Å². The minimum atomic E-state index is -0.550. The highest BCUT2D eigenvalue weighted by Gasteiger charge is 2.13. The van der Waals surface area contributed by atoms with Crippen LogP contribution in [0.1, 0.15) is 11.1 Å². The number of hydrogen-bond donors (Lipinski definition) is 1. The van der Waals surface area contributed by atoms with Gasteiger partial charge >= 0.3 is 0 Å². The van der Waals surface area contributed by atoms with Crippen molar-refractivity contribution >= 4 is 66.8 Å². The third-order valence-electron chi connectivity index (χ3n) is 4.33. The first-order valence-corrected chi connectivity index (χ1v) is 11.3. The molecule has 0 saturated carbocycles. The maximum atomic E-state index is 12.5. The Kier molecular flexibility index (Phi) is 8.22. The number of carbonyl (C=O) groups excluding carboxylic acids is 1. The molecule has 10 heteroatoms. The van der Waals surface area contributed by atoms with Crippen LogP contribution in [0.3, 0.4) is 0 Å². The molecule has 0 bridgehead atoms. The van der Waals surface area contributed by atoms with Crippen LogP contribution >= 0.6 is 43.5 Å². The van der Waals surface area contributed by atoms with Crippen molar-refractivity contribution < 1.29 is 14.5 Å². The van der Waals surface area contributed by atoms with E-state index in [0.29, 0.717) is 21.5 Å². The molecule has 0 unspecified atom stereocenters. The van der Waals surface area contributed by atoms with E-state index in [1.807, 2.05) is 6.07 Å². The fourth-order valence-corrected chi connectivity index (χ4v) is 3.97. The Bertz CT molecular complexity index is 1250. The number of nitrogens with zero attached hydrogens (tertiary/aromatic N) is 2. The maximum absolute atomic E-state index is 12.5. The van der Waals surface area contributed by atoms with E-state index in [0.717, 1.165) is 10.0 Å². The number of non-ortho nitro benzene ring substituents is 1. The second kappa shape index (κ2) is 11.1. The number of nitro benzene ring substituents is 1. The first kappa shape index (κ1) is 24.5. The van der Waals surface area contributed by atoms with Crippen molar-refractivity contribution in [1.82, 2.24) is 0 Å². The Hall–Kier alpha value is -3.19. The number of ether oxygens (including phenoxy) is 1. The zero-order valence-corrected chi connectivity index (χ0v) is 20.6. The first-order chi connectivity index (χ1) is 15.8. The number of nitrogens with one attached hydrogen (secondary N) is 1. The fourth-order valence-electron chi connectivity index (χ4n) is 2.72. The first-order valence-electron chi connectivity index (χ1n) is 9.30. The van der Waals surface area contributed by atoms with Crippen LogP contribution in [-0.2, 0) is 11.4 Å². The smallest absolute Gasteiger partial charge is 0.269 e. The molecule has 0 aliphatic heterocycles. The number of hydrogen-bond acceptors (Lipinski definition) is 5. The topological polar surface area (TPSA) is 105 Å². The minimum absolute atomic E-state index is 0.00780. The van der Waals surface area contributed by atoms with Gasteiger partial charge in [0.25, 0.3) is 11.6 Å². The molecule has 3 aromatic rings. The molecule has 166 valence electrons. The molecule has 1 N–H and O–H groups in total. The third kappa shape index (κ3) is 6.65. The van der Waals surface area contributed by atoms with E-state index in [4.69, 9.17) is 16.3 Å². The van der Waals surface area contributed by atoms with Crippen LogP contribution in [0.15, 0.2) is 75.2 Å². The molecule has 3 aromatic carbocycles. The van der Waals surface area contributed by atoms with Crippen molar-refractivity contribution in [2.75, 3.05) is 5.32 Å². The van der Waals surface area contributed by atoms with Gasteiger partial charge in [-0.05, 0) is 81.7 Å². The fraction of sp³-hybridized carbons (Fsp3) is 0.0435. The van der Waals surface area contributed by atoms with Crippen molar-refractivity contribution in [2.45, 2.75) is 6.61 Å². The van der Waals surface area contributed by atoms with E-state index in [1.165, 1.54) is 18.2 Å². The molecule has 0 radical (unpaired) electrons. The van der Waals surface area contributed by atoms with Crippen LogP contribution in [0.25, 0.3) is 6.08 Å². The third-order valence-corrected chi connectivity index (χ3v) is 5.73. The minimum Gasteiger partial charge on any atom is -0.486 e. The van der Waals surface area contributed by atoms with E-state index in [-0.39, 0.29) is 22.9 Å². The highest BCUT2D eigenvalue weighted by molar-refractivity contribution is 9.10. The molecule has 1 amide bonds. The Morgan fingerprint density at radius 3 is 2.39 bits per heavy atom. The van der Waals surface area contributed by atoms with Gasteiger partial charge < -0.3 is 10.1 Å². The van der Waals surface area contributed by atoms with E-state index in [1.54, 1.807) is 48.5 Å². The standard InChI is InChI=1S/C23H14Br2ClN3O4/c24-17-3-5-18(6-4-17)28-23(30)16(12-27)9-15-10-20(25)22(21(26)11-15)33-13-14-1-7-19(8-2-14)29(31)32/h1-11H,13H2,(H,28,30)/b16-9-. The SMILES string of the molecule is N#C/C(=C/c1cc(Cl)c(OCc2ccc([N+](=O)[O-])cc2)c(Br)c1)C(=O)Nc1ccc(Br)cc1. The number of carbonyl (C=O) groups is 1. The number of rotatable bonds is 7. The van der Waals surface area contributed by atoms with E-state index >= 15 is 0 Å². The Labute approximate surface area is 211 Å². The average molecular weight is 592 g/mol. The summed E-state index contributed by atoms with van der Waals surface area (Å²) in [6.45, 7) is 0.143. The lowest BCUT2D eigenvalue weighted by Gasteiger charge is -2.11. The zero-order valence-electron chi connectivity index (χ0n) is 16.7. The normalized spacial score (nSPS) is 10.9. The summed E-state index contributed by atoms with van der Waals surface area (Å²) in [5.41, 5.74) is 1.70. The largest absolute Gasteiger partial charge is 0.486 e. The molecule has 0 spiro atoms. The molecule has 0 fully saturated rings. The van der Waals surface area contributed by atoms with Crippen molar-refractivity contribution in [1.29, 1.82) is 5.26 Å². The molecular weight excluding hydrogens is 578 g/mol. The quantitative estimate of drug-likeness (QED) is 0.139. The molecule has 0 aliphatic rings. The summed E-state index contributed by atoms with van der Waals surface area (Å²) in [4.78, 5) is 22.8. The van der Waals surface area contributed by atoms with Gasteiger partial charge in [-0.1, -0.05) is 27.5 Å². The van der Waals surface area contributed by atoms with Crippen LogP contribution in [0.4, 0.5) is 11.4 Å². The summed E-state index contributed by atoms with van der Waals surface area (Å²) in [6.07, 6.45) is 1.42. The molecule has 33 heavy (non-hydrogen) atoms. The lowest BCUT2D eigenvalue weighted by Crippen LogP contribution is -2.13. The highest BCUT2D eigenvalue weighted by atomic mass is 79.9. The average Bonchev–Trinajstić information content (AvgIpc) is 2.78. The van der Waals surface area contributed by atoms with E-state index in [2.05, 4.69) is 37.2 Å². The van der Waals surface area contributed by atoms with E-state index in [9.17, 15) is 20.2 Å². The van der Waals surface area contributed by atoms with Gasteiger partial charge in [-0.3, -0.25) is 14.9 Å². The van der Waals surface area contributed by atoms with Crippen LogP contribution < -0.4 is 10.1 Å². The summed E-state index contributed by atoms with van der Waals surface area (Å²) in [5, 5.41) is 23.1. The van der Waals surface area contributed by atoms with Gasteiger partial charge in [0.1, 0.15) is 18.2 Å². The number of nitriles is 1. The summed E-state index contributed by atoms with van der Waals surface area (Å²) in [7, 11) is 0. The van der Waals surface area contributed by atoms with Crippen LogP contribution in [0.2, 0.25) is 5.02 Å². The second-order valence-electron chi connectivity index (χ2n) is 6.66. The van der Waals surface area contributed by atoms with E-state index < -0.39 is 10.8 Å². The van der Waals surface area contributed by atoms with Gasteiger partial charge in [-0.15, -0.1) is 0 Å². The predicted molar refractivity (Wildman–Crippen MR) is 133 cm³/mol. The monoisotopic (exact) mass is 589 g/mol. The molecule has 3 rings (SSSR count). The number of benzene rings is 3. The van der Waals surface area contributed by atoms with Crippen LogP contribution in [-0.4, -0.2) is 10.8 Å². The molecule has 7 nitrogen and oxygen atoms in total. The van der Waals surface area contributed by atoms with Crippen LogP contribution in [0, 0.1) is 21.4 Å². The maximum Gasteiger partial charge on any atom is 0.269 e. The van der Waals surface area contributed by atoms with Gasteiger partial charge in [0.05, 0.1) is 14.4 Å². The highest BCUT2D eigenvalue weighted by Crippen LogP contribution is 2.36. The lowest BCUT2D eigenvalue weighted by atomic mass is 10.1. The molecule has 0 saturated heterocycles. The number of amides is 1. The number of nitro groups is 1. The number of halogens is 3. The number of anilines is 1. The van der Waals surface area contributed by atoms with Crippen molar-refractivity contribution in [3.63, 3.8) is 0 Å². The van der Waals surface area contributed by atoms with Crippen molar-refractivity contribution in [3.8, 4) is 11.8 Å². The second-order valence-corrected chi connectivity index (χ2v) is 8.83. The van der Waals surface area contributed by atoms with Gasteiger partial charge in [0.2, 0.25) is 0 Å². The summed E-state index contributed by atoms with van der Waals surface area (Å²) >= 11 is 13.1. The zero-order chi connectivity index (χ0) is 24.0. The lowest BCUT2D eigenvalue weighted by molar-refractivity contribution is -0.384. The summed E-state index contributed by atoms with van der Waals surface area (Å²) < 4.78 is 7.15. The van der Waals surface area contributed by atoms with Gasteiger partial charge in [-0.25, -0.2) is 0 Å². The Morgan fingerprint density at radius 1 is 1.15 bits per heavy atom. The summed E-state index contributed by atoms with van der Waals surface area (Å²) in [5.74, 6) is -0.185. The van der Waals surface area contributed by atoms with Gasteiger partial charge in [0.15, 0.2) is 5.75 Å². The summed E-state index contributed by atoms with van der Waals surface area (Å²) in [6, 6.07) is 18.1. The Morgan fingerprint density at radius 2 is 1.82 bits per heavy atom. The molecular formula is C23H14Br2ClN3O4. The van der Waals surface area contributed by atoms with Crippen molar-refractivity contribution in [3.05, 3.63) is 101 Å².